The Balaban J connectivity index is 1.28. The molecule has 1 unspecified atom stereocenters. The Labute approximate surface area is 273 Å². The van der Waals surface area contributed by atoms with Crippen molar-refractivity contribution < 1.29 is 27.6 Å². The van der Waals surface area contributed by atoms with E-state index in [2.05, 4.69) is 10.6 Å². The molecule has 0 bridgehead atoms. The van der Waals surface area contributed by atoms with Gasteiger partial charge in [-0.25, -0.2) is 13.2 Å². The molecule has 2 atom stereocenters. The number of likely N-dealkylation sites (tertiary alicyclic amines) is 2. The molecule has 0 radical (unpaired) electrons. The lowest BCUT2D eigenvalue weighted by Crippen LogP contribution is -2.54. The van der Waals surface area contributed by atoms with E-state index in [-0.39, 0.29) is 24.1 Å². The van der Waals surface area contributed by atoms with E-state index in [4.69, 9.17) is 0 Å². The highest BCUT2D eigenvalue weighted by Gasteiger charge is 2.45. The lowest BCUT2D eigenvalue weighted by atomic mass is 9.67. The van der Waals surface area contributed by atoms with Gasteiger partial charge in [-0.05, 0) is 111 Å². The zero-order valence-corrected chi connectivity index (χ0v) is 26.4. The quantitative estimate of drug-likeness (QED) is 0.324. The van der Waals surface area contributed by atoms with Crippen molar-refractivity contribution in [3.63, 3.8) is 0 Å². The first-order valence-corrected chi connectivity index (χ1v) is 16.6. The minimum Gasteiger partial charge on any atom is -0.354 e. The van der Waals surface area contributed by atoms with Crippen LogP contribution in [-0.4, -0.2) is 72.3 Å². The molecule has 3 aromatic rings. The molecule has 248 valence electrons. The molecule has 0 aromatic heterocycles. The van der Waals surface area contributed by atoms with Gasteiger partial charge in [0, 0.05) is 26.1 Å². The van der Waals surface area contributed by atoms with Crippen LogP contribution >= 0.6 is 0 Å². The predicted octanol–water partition coefficient (Wildman–Crippen LogP) is 4.93. The van der Waals surface area contributed by atoms with Crippen LogP contribution < -0.4 is 10.6 Å². The summed E-state index contributed by atoms with van der Waals surface area (Å²) in [5.74, 6) is -1.66. The van der Waals surface area contributed by atoms with Crippen LogP contribution in [0.5, 0.6) is 0 Å². The molecule has 0 aliphatic carbocycles. The monoisotopic (exact) mass is 646 g/mol. The fourth-order valence-electron chi connectivity index (χ4n) is 7.60. The van der Waals surface area contributed by atoms with E-state index in [1.807, 2.05) is 0 Å². The third-order valence-electron chi connectivity index (χ3n) is 10.1. The second kappa shape index (κ2) is 14.3. The van der Waals surface area contributed by atoms with Gasteiger partial charge in [0.2, 0.25) is 17.7 Å². The van der Waals surface area contributed by atoms with E-state index in [0.717, 1.165) is 25.9 Å². The molecule has 47 heavy (non-hydrogen) atoms. The highest BCUT2D eigenvalue weighted by molar-refractivity contribution is 5.93. The molecule has 2 N–H and O–H groups in total. The van der Waals surface area contributed by atoms with Gasteiger partial charge in [-0.1, -0.05) is 36.4 Å². The van der Waals surface area contributed by atoms with Gasteiger partial charge in [-0.15, -0.1) is 0 Å². The van der Waals surface area contributed by atoms with Crippen molar-refractivity contribution in [3.8, 4) is 0 Å². The van der Waals surface area contributed by atoms with E-state index in [1.165, 1.54) is 36.4 Å². The number of carbonyl (C=O) groups is 3. The summed E-state index contributed by atoms with van der Waals surface area (Å²) in [5, 5.41) is 6.41. The standard InChI is InChI=1S/C37H41F3N4O3/c38-29-11-5-26(6-12-29)37(27-7-13-30(39)14-8-27,28-9-15-31(40)16-10-28)23-34(45)43-21-2-4-33(43)36(47)44-22-1-3-32(44)35(46)42-24-25-17-19-41-20-18-25/h5-16,25,32-33,41H,1-4,17-24H2,(H,42,46)/t32?,33-/m0/s1. The third kappa shape index (κ3) is 6.93. The second-order valence-electron chi connectivity index (χ2n) is 13.0. The Kier molecular flexibility index (Phi) is 9.96. The predicted molar refractivity (Wildman–Crippen MR) is 172 cm³/mol. The topological polar surface area (TPSA) is 81.8 Å². The number of nitrogens with one attached hydrogen (secondary N) is 2. The van der Waals surface area contributed by atoms with Gasteiger partial charge in [0.25, 0.3) is 0 Å². The van der Waals surface area contributed by atoms with Gasteiger partial charge in [0.15, 0.2) is 0 Å². The largest absolute Gasteiger partial charge is 0.354 e. The molecule has 6 rings (SSSR count). The first-order valence-electron chi connectivity index (χ1n) is 16.6. The van der Waals surface area contributed by atoms with Crippen LogP contribution in [0, 0.1) is 23.4 Å². The molecule has 3 saturated heterocycles. The third-order valence-corrected chi connectivity index (χ3v) is 10.1. The van der Waals surface area contributed by atoms with E-state index in [1.54, 1.807) is 46.2 Å². The smallest absolute Gasteiger partial charge is 0.246 e. The van der Waals surface area contributed by atoms with E-state index < -0.39 is 35.0 Å². The summed E-state index contributed by atoms with van der Waals surface area (Å²) in [6.45, 7) is 3.27. The van der Waals surface area contributed by atoms with Crippen molar-refractivity contribution in [2.24, 2.45) is 5.92 Å². The number of hydrogen-bond acceptors (Lipinski definition) is 4. The van der Waals surface area contributed by atoms with Gasteiger partial charge >= 0.3 is 0 Å². The van der Waals surface area contributed by atoms with Gasteiger partial charge in [-0.3, -0.25) is 14.4 Å². The zero-order chi connectivity index (χ0) is 33.0. The average Bonchev–Trinajstić information content (AvgIpc) is 3.79. The molecule has 7 nitrogen and oxygen atoms in total. The molecule has 3 heterocycles. The Morgan fingerprint density at radius 2 is 1.15 bits per heavy atom. The van der Waals surface area contributed by atoms with Gasteiger partial charge in [-0.2, -0.15) is 0 Å². The molecule has 10 heteroatoms. The van der Waals surface area contributed by atoms with Crippen molar-refractivity contribution >= 4 is 17.7 Å². The van der Waals surface area contributed by atoms with Gasteiger partial charge in [0.1, 0.15) is 29.5 Å². The molecule has 3 fully saturated rings. The fourth-order valence-corrected chi connectivity index (χ4v) is 7.60. The highest BCUT2D eigenvalue weighted by atomic mass is 19.1. The summed E-state index contributed by atoms with van der Waals surface area (Å²) < 4.78 is 42.5. The summed E-state index contributed by atoms with van der Waals surface area (Å²) >= 11 is 0. The van der Waals surface area contributed by atoms with Crippen LogP contribution in [-0.2, 0) is 19.8 Å². The van der Waals surface area contributed by atoms with Crippen LogP contribution in [0.4, 0.5) is 13.2 Å². The minimum absolute atomic E-state index is 0.145. The SMILES string of the molecule is O=C(NCC1CCNCC1)C1CCCN1C(=O)[C@@H]1CCCN1C(=O)CC(c1ccc(F)cc1)(c1ccc(F)cc1)c1ccc(F)cc1. The Bertz CT molecular complexity index is 1450. The van der Waals surface area contributed by atoms with E-state index >= 15 is 0 Å². The van der Waals surface area contributed by atoms with Crippen LogP contribution in [0.1, 0.15) is 61.6 Å². The van der Waals surface area contributed by atoms with Crippen molar-refractivity contribution in [2.75, 3.05) is 32.7 Å². The summed E-state index contributed by atoms with van der Waals surface area (Å²) in [5.41, 5.74) is 0.459. The molecular weight excluding hydrogens is 605 g/mol. The number of carbonyl (C=O) groups excluding carboxylic acids is 3. The Hall–Kier alpha value is -4.18. The molecule has 0 saturated carbocycles. The summed E-state index contributed by atoms with van der Waals surface area (Å²) in [6, 6.07) is 16.0. The summed E-state index contributed by atoms with van der Waals surface area (Å²) in [4.78, 5) is 45.1. The number of halogens is 3. The fraction of sp³-hybridized carbons (Fsp3) is 0.432. The maximum absolute atomic E-state index is 14.5. The lowest BCUT2D eigenvalue weighted by Gasteiger charge is -2.38. The first-order chi connectivity index (χ1) is 22.8. The molecule has 3 amide bonds. The van der Waals surface area contributed by atoms with Crippen LogP contribution in [0.15, 0.2) is 72.8 Å². The zero-order valence-electron chi connectivity index (χ0n) is 26.4. The summed E-state index contributed by atoms with van der Waals surface area (Å²) in [7, 11) is 0. The summed E-state index contributed by atoms with van der Waals surface area (Å²) in [6.07, 6.45) is 4.22. The highest BCUT2D eigenvalue weighted by Crippen LogP contribution is 2.43. The number of rotatable bonds is 9. The van der Waals surface area contributed by atoms with Crippen molar-refractivity contribution in [3.05, 3.63) is 107 Å². The molecule has 0 spiro atoms. The number of benzene rings is 3. The minimum atomic E-state index is -1.24. The Morgan fingerprint density at radius 3 is 1.66 bits per heavy atom. The van der Waals surface area contributed by atoms with Gasteiger partial charge in [0.05, 0.1) is 5.41 Å². The van der Waals surface area contributed by atoms with Gasteiger partial charge < -0.3 is 20.4 Å². The lowest BCUT2D eigenvalue weighted by molar-refractivity contribution is -0.146. The number of piperidine rings is 1. The van der Waals surface area contributed by atoms with E-state index in [0.29, 0.717) is 67.9 Å². The van der Waals surface area contributed by atoms with E-state index in [9.17, 15) is 27.6 Å². The molecular formula is C37H41F3N4O3. The molecule has 3 aliphatic rings. The van der Waals surface area contributed by atoms with Crippen LogP contribution in [0.3, 0.4) is 0 Å². The van der Waals surface area contributed by atoms with Crippen molar-refractivity contribution in [1.82, 2.24) is 20.4 Å². The number of amides is 3. The average molecular weight is 647 g/mol. The maximum atomic E-state index is 14.5. The van der Waals surface area contributed by atoms with Crippen LogP contribution in [0.25, 0.3) is 0 Å². The molecule has 3 aliphatic heterocycles. The van der Waals surface area contributed by atoms with Crippen molar-refractivity contribution in [1.29, 1.82) is 0 Å². The molecule has 3 aromatic carbocycles. The van der Waals surface area contributed by atoms with Crippen LogP contribution in [0.2, 0.25) is 0 Å². The normalized spacial score (nSPS) is 20.4. The second-order valence-corrected chi connectivity index (χ2v) is 13.0. The van der Waals surface area contributed by atoms with Crippen molar-refractivity contribution in [2.45, 2.75) is 62.4 Å². The number of nitrogens with zero attached hydrogens (tertiary/aromatic N) is 2. The first kappa shape index (κ1) is 32.7. The number of hydrogen-bond donors (Lipinski definition) is 2. The maximum Gasteiger partial charge on any atom is 0.246 e. The Morgan fingerprint density at radius 1 is 0.681 bits per heavy atom.